The summed E-state index contributed by atoms with van der Waals surface area (Å²) < 4.78 is 5.87. The lowest BCUT2D eigenvalue weighted by molar-refractivity contribution is -0.384. The van der Waals surface area contributed by atoms with Crippen LogP contribution in [0.1, 0.15) is 42.1 Å². The minimum absolute atomic E-state index is 0.0986. The monoisotopic (exact) mass is 543 g/mol. The molecule has 4 rings (SSSR count). The van der Waals surface area contributed by atoms with E-state index in [0.717, 1.165) is 24.2 Å². The Kier molecular flexibility index (Phi) is 8.96. The second kappa shape index (κ2) is 12.6. The topological polar surface area (TPSA) is 113 Å². The number of amides is 1. The Balaban J connectivity index is 1.67. The molecule has 3 aromatic carbocycles. The summed E-state index contributed by atoms with van der Waals surface area (Å²) in [5, 5.41) is 22.8. The molecule has 208 valence electrons. The van der Waals surface area contributed by atoms with Crippen LogP contribution in [0.15, 0.2) is 78.4 Å². The number of likely N-dealkylation sites (tertiary alicyclic amines) is 1. The molecular weight excluding hydrogens is 510 g/mol. The number of hydrogen-bond donors (Lipinski definition) is 1. The van der Waals surface area contributed by atoms with Crippen molar-refractivity contribution in [2.24, 2.45) is 0 Å². The summed E-state index contributed by atoms with van der Waals surface area (Å²) in [6, 6.07) is 19.5. The fraction of sp³-hybridized carbons (Fsp3) is 0.290. The van der Waals surface area contributed by atoms with E-state index < -0.39 is 22.7 Å². The average Bonchev–Trinajstić information content (AvgIpc) is 3.21. The van der Waals surface area contributed by atoms with Gasteiger partial charge in [0.2, 0.25) is 0 Å². The minimum atomic E-state index is -0.965. The number of rotatable bonds is 11. The van der Waals surface area contributed by atoms with E-state index in [1.165, 1.54) is 23.1 Å². The van der Waals surface area contributed by atoms with Gasteiger partial charge in [0.05, 0.1) is 16.5 Å². The zero-order valence-electron chi connectivity index (χ0n) is 22.9. The lowest BCUT2D eigenvalue weighted by Crippen LogP contribution is -2.38. The van der Waals surface area contributed by atoms with Crippen LogP contribution < -0.4 is 4.74 Å². The first-order valence-electron chi connectivity index (χ1n) is 13.3. The number of nitrogens with zero attached hydrogens (tertiary/aromatic N) is 3. The van der Waals surface area contributed by atoms with Gasteiger partial charge in [-0.1, -0.05) is 55.8 Å². The fourth-order valence-corrected chi connectivity index (χ4v) is 4.89. The Labute approximate surface area is 233 Å². The number of aliphatic hydroxyl groups is 1. The predicted molar refractivity (Wildman–Crippen MR) is 152 cm³/mol. The van der Waals surface area contributed by atoms with Gasteiger partial charge in [-0.3, -0.25) is 19.7 Å². The molecule has 40 heavy (non-hydrogen) atoms. The standard InChI is InChI=1S/C31H33N3O6/c1-4-32(5-2)16-17-33-28(24-10-7-11-25(19-24)34(38)39)27(30(36)31(33)37)29(35)23-12-14-26(15-13-23)40-20-22-9-6-8-21(3)18-22/h6-15,18-19,28,35H,4-5,16-17,20H2,1-3H3/b29-27+. The van der Waals surface area contributed by atoms with Crippen molar-refractivity contribution < 1.29 is 24.4 Å². The Morgan fingerprint density at radius 3 is 2.38 bits per heavy atom. The van der Waals surface area contributed by atoms with E-state index in [9.17, 15) is 24.8 Å². The lowest BCUT2D eigenvalue weighted by Gasteiger charge is -2.28. The van der Waals surface area contributed by atoms with Crippen molar-refractivity contribution in [3.63, 3.8) is 0 Å². The number of aryl methyl sites for hydroxylation is 1. The van der Waals surface area contributed by atoms with Gasteiger partial charge in [0.1, 0.15) is 18.1 Å². The highest BCUT2D eigenvalue weighted by atomic mass is 16.6. The van der Waals surface area contributed by atoms with Gasteiger partial charge >= 0.3 is 0 Å². The molecule has 3 aromatic rings. The SMILES string of the molecule is CCN(CC)CCN1C(=O)C(=O)/C(=C(/O)c2ccc(OCc3cccc(C)c3)cc2)C1c1cccc([N+](=O)[O-])c1. The third-order valence-electron chi connectivity index (χ3n) is 7.10. The molecule has 0 radical (unpaired) electrons. The number of carbonyl (C=O) groups excluding carboxylic acids is 2. The van der Waals surface area contributed by atoms with Crippen LogP contribution in [0.4, 0.5) is 5.69 Å². The predicted octanol–water partition coefficient (Wildman–Crippen LogP) is 5.25. The number of aliphatic hydroxyl groups excluding tert-OH is 1. The van der Waals surface area contributed by atoms with E-state index in [4.69, 9.17) is 4.74 Å². The minimum Gasteiger partial charge on any atom is -0.507 e. The molecule has 0 bridgehead atoms. The van der Waals surface area contributed by atoms with E-state index in [-0.39, 0.29) is 23.6 Å². The van der Waals surface area contributed by atoms with Crippen molar-refractivity contribution in [2.45, 2.75) is 33.4 Å². The highest BCUT2D eigenvalue weighted by Crippen LogP contribution is 2.40. The van der Waals surface area contributed by atoms with E-state index >= 15 is 0 Å². The van der Waals surface area contributed by atoms with Crippen LogP contribution in [0, 0.1) is 17.0 Å². The van der Waals surface area contributed by atoms with Gasteiger partial charge in [-0.05, 0) is 55.4 Å². The maximum atomic E-state index is 13.3. The summed E-state index contributed by atoms with van der Waals surface area (Å²) in [5.41, 5.74) is 2.61. The first kappa shape index (κ1) is 28.5. The summed E-state index contributed by atoms with van der Waals surface area (Å²) in [6.07, 6.45) is 0. The molecule has 9 heteroatoms. The number of ketones is 1. The number of Topliss-reactive ketones (excluding diaryl/α,β-unsaturated/α-hetero) is 1. The summed E-state index contributed by atoms with van der Waals surface area (Å²) in [7, 11) is 0. The number of carbonyl (C=O) groups is 2. The first-order chi connectivity index (χ1) is 19.2. The zero-order chi connectivity index (χ0) is 28.8. The molecule has 9 nitrogen and oxygen atoms in total. The van der Waals surface area contributed by atoms with Gasteiger partial charge < -0.3 is 19.6 Å². The first-order valence-corrected chi connectivity index (χ1v) is 13.3. The molecule has 1 N–H and O–H groups in total. The van der Waals surface area contributed by atoms with Crippen LogP contribution in [0.3, 0.4) is 0 Å². The van der Waals surface area contributed by atoms with Crippen LogP contribution in [-0.4, -0.2) is 57.7 Å². The van der Waals surface area contributed by atoms with Crippen molar-refractivity contribution in [3.05, 3.63) is 111 Å². The van der Waals surface area contributed by atoms with Crippen molar-refractivity contribution in [1.82, 2.24) is 9.80 Å². The van der Waals surface area contributed by atoms with Gasteiger partial charge in [0, 0.05) is 30.8 Å². The van der Waals surface area contributed by atoms with Gasteiger partial charge in [0.15, 0.2) is 0 Å². The van der Waals surface area contributed by atoms with Crippen LogP contribution in [0.25, 0.3) is 5.76 Å². The van der Waals surface area contributed by atoms with Crippen molar-refractivity contribution in [1.29, 1.82) is 0 Å². The van der Waals surface area contributed by atoms with Gasteiger partial charge in [0.25, 0.3) is 17.4 Å². The van der Waals surface area contributed by atoms with Gasteiger partial charge in [-0.25, -0.2) is 0 Å². The van der Waals surface area contributed by atoms with Crippen molar-refractivity contribution in [3.8, 4) is 5.75 Å². The molecule has 1 aliphatic heterocycles. The third-order valence-corrected chi connectivity index (χ3v) is 7.10. The number of non-ortho nitro benzene ring substituents is 1. The Morgan fingerprint density at radius 2 is 1.73 bits per heavy atom. The second-order valence-corrected chi connectivity index (χ2v) is 9.67. The summed E-state index contributed by atoms with van der Waals surface area (Å²) in [6.45, 7) is 8.65. The number of nitro groups is 1. The van der Waals surface area contributed by atoms with Crippen LogP contribution in [0.5, 0.6) is 5.75 Å². The molecule has 1 saturated heterocycles. The molecule has 0 aliphatic carbocycles. The third kappa shape index (κ3) is 6.21. The van der Waals surface area contributed by atoms with E-state index in [1.54, 1.807) is 30.3 Å². The highest BCUT2D eigenvalue weighted by Gasteiger charge is 2.46. The van der Waals surface area contributed by atoms with E-state index in [2.05, 4.69) is 4.90 Å². The largest absolute Gasteiger partial charge is 0.507 e. The van der Waals surface area contributed by atoms with Crippen LogP contribution >= 0.6 is 0 Å². The number of likely N-dealkylation sites (N-methyl/N-ethyl adjacent to an activating group) is 1. The van der Waals surface area contributed by atoms with Gasteiger partial charge in [-0.15, -0.1) is 0 Å². The summed E-state index contributed by atoms with van der Waals surface area (Å²) in [4.78, 5) is 40.9. The normalized spacial score (nSPS) is 16.5. The molecule has 1 unspecified atom stereocenters. The summed E-state index contributed by atoms with van der Waals surface area (Å²) >= 11 is 0. The Hall–Kier alpha value is -4.50. The second-order valence-electron chi connectivity index (χ2n) is 9.67. The Bertz CT molecular complexity index is 1430. The number of benzene rings is 3. The van der Waals surface area contributed by atoms with E-state index in [0.29, 0.717) is 30.0 Å². The molecular formula is C31H33N3O6. The quantitative estimate of drug-likeness (QED) is 0.116. The molecule has 1 aliphatic rings. The molecule has 1 fully saturated rings. The lowest BCUT2D eigenvalue weighted by atomic mass is 9.95. The van der Waals surface area contributed by atoms with Gasteiger partial charge in [-0.2, -0.15) is 0 Å². The number of hydrogen-bond acceptors (Lipinski definition) is 7. The number of nitro benzene ring substituents is 1. The van der Waals surface area contributed by atoms with Crippen molar-refractivity contribution in [2.75, 3.05) is 26.2 Å². The van der Waals surface area contributed by atoms with E-state index in [1.807, 2.05) is 45.0 Å². The molecule has 0 spiro atoms. The maximum Gasteiger partial charge on any atom is 0.295 e. The maximum absolute atomic E-state index is 13.3. The molecule has 0 saturated carbocycles. The molecule has 1 heterocycles. The molecule has 1 amide bonds. The van der Waals surface area contributed by atoms with Crippen molar-refractivity contribution >= 4 is 23.1 Å². The Morgan fingerprint density at radius 1 is 1.02 bits per heavy atom. The zero-order valence-corrected chi connectivity index (χ0v) is 22.9. The van der Waals surface area contributed by atoms with Crippen LogP contribution in [-0.2, 0) is 16.2 Å². The average molecular weight is 544 g/mol. The molecule has 0 aromatic heterocycles. The summed E-state index contributed by atoms with van der Waals surface area (Å²) in [5.74, 6) is -1.34. The molecule has 1 atom stereocenters. The fourth-order valence-electron chi connectivity index (χ4n) is 4.89. The highest BCUT2D eigenvalue weighted by molar-refractivity contribution is 6.46. The smallest absolute Gasteiger partial charge is 0.295 e. The number of ether oxygens (including phenoxy) is 1. The van der Waals surface area contributed by atoms with Crippen LogP contribution in [0.2, 0.25) is 0 Å².